The molecule has 4 aromatic rings. The molecule has 1 atom stereocenters. The van der Waals surface area contributed by atoms with Crippen LogP contribution in [0.3, 0.4) is 0 Å². The molecular weight excluding hydrogens is 529 g/mol. The van der Waals surface area contributed by atoms with Crippen LogP contribution in [-0.4, -0.2) is 28.9 Å². The number of hydrogen-bond acceptors (Lipinski definition) is 6. The summed E-state index contributed by atoms with van der Waals surface area (Å²) in [6.45, 7) is 1.65. The zero-order chi connectivity index (χ0) is 27.9. The molecule has 1 aromatic heterocycles. The third-order valence-electron chi connectivity index (χ3n) is 6.36. The Morgan fingerprint density at radius 2 is 1.72 bits per heavy atom. The number of rotatable bonds is 6. The normalized spacial score (nSPS) is 15.7. The molecular formula is C29H21F3N2O4S. The van der Waals surface area contributed by atoms with E-state index in [1.54, 1.807) is 31.2 Å². The van der Waals surface area contributed by atoms with Gasteiger partial charge in [-0.3, -0.25) is 14.5 Å². The maximum atomic E-state index is 13.9. The van der Waals surface area contributed by atoms with Crippen LogP contribution >= 0.6 is 11.3 Å². The van der Waals surface area contributed by atoms with Gasteiger partial charge < -0.3 is 9.84 Å². The Morgan fingerprint density at radius 3 is 2.36 bits per heavy atom. The molecule has 39 heavy (non-hydrogen) atoms. The Morgan fingerprint density at radius 1 is 1.03 bits per heavy atom. The highest BCUT2D eigenvalue weighted by Crippen LogP contribution is 2.44. The summed E-state index contributed by atoms with van der Waals surface area (Å²) in [5, 5.41) is 11.6. The van der Waals surface area contributed by atoms with Crippen molar-refractivity contribution in [1.82, 2.24) is 4.98 Å². The van der Waals surface area contributed by atoms with Crippen LogP contribution in [0.4, 0.5) is 18.9 Å². The van der Waals surface area contributed by atoms with Gasteiger partial charge in [0.1, 0.15) is 10.8 Å². The molecule has 198 valence electrons. The molecule has 2 heterocycles. The SMILES string of the molecule is COc1ccc(C2C(C(=O)c3sc(-c4ccccc4)nc3C)=C(O)C(=O)N2c2cccc(C(F)(F)F)c2)cc1. The molecule has 0 saturated carbocycles. The van der Waals surface area contributed by atoms with E-state index in [0.29, 0.717) is 22.0 Å². The number of thiazole rings is 1. The van der Waals surface area contributed by atoms with Crippen molar-refractivity contribution in [3.63, 3.8) is 0 Å². The third-order valence-corrected chi connectivity index (χ3v) is 7.56. The fourth-order valence-electron chi connectivity index (χ4n) is 4.47. The summed E-state index contributed by atoms with van der Waals surface area (Å²) in [5.74, 6) is -1.94. The van der Waals surface area contributed by atoms with Crippen molar-refractivity contribution in [2.24, 2.45) is 0 Å². The predicted octanol–water partition coefficient (Wildman–Crippen LogP) is 6.93. The molecule has 10 heteroatoms. The summed E-state index contributed by atoms with van der Waals surface area (Å²) in [6.07, 6.45) is -4.66. The zero-order valence-electron chi connectivity index (χ0n) is 20.7. The van der Waals surface area contributed by atoms with Gasteiger partial charge in [-0.25, -0.2) is 4.98 Å². The van der Waals surface area contributed by atoms with E-state index in [-0.39, 0.29) is 16.1 Å². The standard InChI is InChI=1S/C29H21F3N2O4S/c1-16-26(39-27(33-16)18-7-4-3-5-8-18)24(35)22-23(17-11-13-21(38-2)14-12-17)34(28(37)25(22)36)20-10-6-9-19(15-20)29(30,31)32/h3-15,23,36H,1-2H3. The number of carbonyl (C=O) groups is 2. The maximum Gasteiger partial charge on any atom is 0.416 e. The van der Waals surface area contributed by atoms with E-state index in [0.717, 1.165) is 33.9 Å². The van der Waals surface area contributed by atoms with Gasteiger partial charge in [-0.1, -0.05) is 48.5 Å². The number of aliphatic hydroxyl groups excluding tert-OH is 1. The van der Waals surface area contributed by atoms with Gasteiger partial charge in [0.05, 0.1) is 34.9 Å². The number of methoxy groups -OCH3 is 1. The molecule has 3 aromatic carbocycles. The summed E-state index contributed by atoms with van der Waals surface area (Å²) in [5.41, 5.74) is 0.279. The zero-order valence-corrected chi connectivity index (χ0v) is 21.5. The lowest BCUT2D eigenvalue weighted by atomic mass is 9.94. The first-order valence-corrected chi connectivity index (χ1v) is 12.6. The highest BCUT2D eigenvalue weighted by Gasteiger charge is 2.46. The average molecular weight is 551 g/mol. The number of benzene rings is 3. The van der Waals surface area contributed by atoms with Crippen molar-refractivity contribution >= 4 is 28.7 Å². The van der Waals surface area contributed by atoms with E-state index < -0.39 is 35.2 Å². The van der Waals surface area contributed by atoms with E-state index in [2.05, 4.69) is 4.98 Å². The number of halogens is 3. The molecule has 1 aliphatic rings. The molecule has 0 bridgehead atoms. The smallest absolute Gasteiger partial charge is 0.416 e. The van der Waals surface area contributed by atoms with Gasteiger partial charge in [-0.2, -0.15) is 13.2 Å². The molecule has 1 aliphatic heterocycles. The molecule has 1 unspecified atom stereocenters. The molecule has 0 radical (unpaired) electrons. The average Bonchev–Trinajstić information content (AvgIpc) is 3.45. The molecule has 0 spiro atoms. The Bertz CT molecular complexity index is 1600. The minimum absolute atomic E-state index is 0.115. The molecule has 0 saturated heterocycles. The lowest BCUT2D eigenvalue weighted by Crippen LogP contribution is -2.31. The number of anilines is 1. The summed E-state index contributed by atoms with van der Waals surface area (Å²) >= 11 is 1.11. The first-order chi connectivity index (χ1) is 18.6. The van der Waals surface area contributed by atoms with Crippen molar-refractivity contribution in [1.29, 1.82) is 0 Å². The van der Waals surface area contributed by atoms with E-state index in [1.807, 2.05) is 30.3 Å². The monoisotopic (exact) mass is 550 g/mol. The molecule has 6 nitrogen and oxygen atoms in total. The van der Waals surface area contributed by atoms with Crippen molar-refractivity contribution in [2.75, 3.05) is 12.0 Å². The minimum Gasteiger partial charge on any atom is -0.503 e. The van der Waals surface area contributed by atoms with Crippen molar-refractivity contribution in [3.05, 3.63) is 112 Å². The van der Waals surface area contributed by atoms with Gasteiger partial charge in [0, 0.05) is 11.3 Å². The number of amides is 1. The van der Waals surface area contributed by atoms with Crippen molar-refractivity contribution in [2.45, 2.75) is 19.1 Å². The van der Waals surface area contributed by atoms with Crippen LogP contribution < -0.4 is 9.64 Å². The Balaban J connectivity index is 1.64. The van der Waals surface area contributed by atoms with E-state index in [4.69, 9.17) is 4.74 Å². The van der Waals surface area contributed by atoms with Crippen molar-refractivity contribution in [3.8, 4) is 16.3 Å². The molecule has 1 N–H and O–H groups in total. The lowest BCUT2D eigenvalue weighted by Gasteiger charge is -2.27. The maximum absolute atomic E-state index is 13.9. The number of nitrogens with zero attached hydrogens (tertiary/aromatic N) is 2. The van der Waals surface area contributed by atoms with Gasteiger partial charge in [-0.05, 0) is 42.8 Å². The number of carbonyl (C=O) groups excluding carboxylic acids is 2. The lowest BCUT2D eigenvalue weighted by molar-refractivity contribution is -0.137. The topological polar surface area (TPSA) is 79.7 Å². The van der Waals surface area contributed by atoms with Crippen LogP contribution in [0, 0.1) is 6.92 Å². The second kappa shape index (κ2) is 10.0. The summed E-state index contributed by atoms with van der Waals surface area (Å²) in [4.78, 5) is 33.1. The second-order valence-corrected chi connectivity index (χ2v) is 9.79. The fraction of sp³-hybridized carbons (Fsp3) is 0.138. The van der Waals surface area contributed by atoms with Gasteiger partial charge in [0.25, 0.3) is 5.91 Å². The Kier molecular flexibility index (Phi) is 6.73. The number of Topliss-reactive ketones (excluding diaryl/α,β-unsaturated/α-hetero) is 1. The number of aliphatic hydroxyl groups is 1. The molecule has 0 fully saturated rings. The van der Waals surface area contributed by atoms with Crippen LogP contribution in [0.5, 0.6) is 5.75 Å². The molecule has 1 amide bonds. The number of alkyl halides is 3. The second-order valence-electron chi connectivity index (χ2n) is 8.79. The number of aryl methyl sites for hydroxylation is 1. The van der Waals surface area contributed by atoms with Crippen LogP contribution in [0.1, 0.15) is 32.5 Å². The quantitative estimate of drug-likeness (QED) is 0.264. The van der Waals surface area contributed by atoms with Gasteiger partial charge in [0.15, 0.2) is 5.76 Å². The van der Waals surface area contributed by atoms with E-state index in [1.165, 1.54) is 19.2 Å². The third kappa shape index (κ3) is 4.79. The summed E-state index contributed by atoms with van der Waals surface area (Å²) in [7, 11) is 1.47. The van der Waals surface area contributed by atoms with Crippen LogP contribution in [0.25, 0.3) is 10.6 Å². The summed E-state index contributed by atoms with van der Waals surface area (Å²) < 4.78 is 45.7. The number of ether oxygens (including phenoxy) is 1. The van der Waals surface area contributed by atoms with Crippen LogP contribution in [0.2, 0.25) is 0 Å². The largest absolute Gasteiger partial charge is 0.503 e. The van der Waals surface area contributed by atoms with E-state index >= 15 is 0 Å². The van der Waals surface area contributed by atoms with Gasteiger partial charge in [-0.15, -0.1) is 11.3 Å². The minimum atomic E-state index is -4.66. The summed E-state index contributed by atoms with van der Waals surface area (Å²) in [6, 6.07) is 18.6. The Hall–Kier alpha value is -4.44. The molecule has 5 rings (SSSR count). The Labute approximate surface area is 225 Å². The van der Waals surface area contributed by atoms with E-state index in [9.17, 15) is 27.9 Å². The predicted molar refractivity (Wildman–Crippen MR) is 141 cm³/mol. The first-order valence-electron chi connectivity index (χ1n) is 11.8. The van der Waals surface area contributed by atoms with Gasteiger partial charge in [0.2, 0.25) is 5.78 Å². The number of hydrogen-bond donors (Lipinski definition) is 1. The highest BCUT2D eigenvalue weighted by molar-refractivity contribution is 7.17. The van der Waals surface area contributed by atoms with Crippen LogP contribution in [0.15, 0.2) is 90.2 Å². The molecule has 0 aliphatic carbocycles. The fourth-order valence-corrected chi connectivity index (χ4v) is 5.50. The number of aromatic nitrogens is 1. The van der Waals surface area contributed by atoms with Crippen LogP contribution in [-0.2, 0) is 11.0 Å². The van der Waals surface area contributed by atoms with Gasteiger partial charge >= 0.3 is 6.18 Å². The van der Waals surface area contributed by atoms with Crippen molar-refractivity contribution < 1.29 is 32.6 Å². The first kappa shape index (κ1) is 26.2. The number of ketones is 1. The highest BCUT2D eigenvalue weighted by atomic mass is 32.1.